The number of halogens is 3. The molecule has 0 N–H and O–H groups in total. The van der Waals surface area contributed by atoms with Crippen LogP contribution < -0.4 is 4.90 Å². The Morgan fingerprint density at radius 3 is 2.67 bits per heavy atom. The second kappa shape index (κ2) is 8.94. The average molecular weight is 530 g/mol. The average Bonchev–Trinajstić information content (AvgIpc) is 3.18. The number of sulfone groups is 1. The van der Waals surface area contributed by atoms with E-state index in [2.05, 4.69) is 38.3 Å². The fourth-order valence-corrected chi connectivity index (χ4v) is 6.91. The Labute approximate surface area is 192 Å². The molecule has 3 aromatic rings. The van der Waals surface area contributed by atoms with Crippen LogP contribution in [0.15, 0.2) is 57.2 Å². The number of hydrogen-bond acceptors (Lipinski definition) is 5. The van der Waals surface area contributed by atoms with E-state index in [1.54, 1.807) is 11.3 Å². The van der Waals surface area contributed by atoms with Gasteiger partial charge in [0.25, 0.3) is 0 Å². The normalized spacial score (nSPS) is 15.5. The van der Waals surface area contributed by atoms with Gasteiger partial charge in [-0.1, -0.05) is 39.7 Å². The van der Waals surface area contributed by atoms with Crippen molar-refractivity contribution in [1.82, 2.24) is 4.98 Å². The molecule has 0 radical (unpaired) electrons. The highest BCUT2D eigenvalue weighted by Crippen LogP contribution is 2.31. The lowest BCUT2D eigenvalue weighted by Gasteiger charge is -2.31. The number of piperidine rings is 1. The van der Waals surface area contributed by atoms with Crippen molar-refractivity contribution in [3.63, 3.8) is 0 Å². The Hall–Kier alpha value is -1.48. The zero-order chi connectivity index (χ0) is 21.3. The highest BCUT2D eigenvalue weighted by atomic mass is 79.9. The van der Waals surface area contributed by atoms with E-state index < -0.39 is 20.9 Å². The summed E-state index contributed by atoms with van der Waals surface area (Å²) in [6, 6.07) is 11.7. The van der Waals surface area contributed by atoms with Crippen LogP contribution in [-0.2, 0) is 16.3 Å². The van der Waals surface area contributed by atoms with Crippen molar-refractivity contribution in [1.29, 1.82) is 0 Å². The first-order valence-electron chi connectivity index (χ1n) is 9.45. The van der Waals surface area contributed by atoms with Crippen LogP contribution >= 0.6 is 38.9 Å². The standard InChI is InChI=1S/C21H19BrClFN2O2S2/c22-15-3-1-2-14(10-15)11-16-13-29-21(25-16)26-8-6-17(7-9-26)30(27,28)18-4-5-20(24)19(23)12-18/h1-5,10,12-13,17H,6-9,11H2. The van der Waals surface area contributed by atoms with Crippen LogP contribution in [0.4, 0.5) is 9.52 Å². The SMILES string of the molecule is O=S(=O)(c1ccc(F)c(Cl)c1)C1CCN(c2nc(Cc3cccc(Br)c3)cs2)CC1. The molecule has 1 aliphatic rings. The van der Waals surface area contributed by atoms with Crippen molar-refractivity contribution < 1.29 is 12.8 Å². The Morgan fingerprint density at radius 1 is 1.20 bits per heavy atom. The Bertz CT molecular complexity index is 1160. The molecule has 1 aliphatic heterocycles. The summed E-state index contributed by atoms with van der Waals surface area (Å²) in [5, 5.41) is 2.30. The van der Waals surface area contributed by atoms with Gasteiger partial charge in [0.05, 0.1) is 20.9 Å². The van der Waals surface area contributed by atoms with E-state index in [0.29, 0.717) is 25.9 Å². The molecule has 0 bridgehead atoms. The molecule has 0 saturated carbocycles. The molecular weight excluding hydrogens is 511 g/mol. The van der Waals surface area contributed by atoms with E-state index in [9.17, 15) is 12.8 Å². The molecule has 0 spiro atoms. The van der Waals surface area contributed by atoms with Gasteiger partial charge in [-0.25, -0.2) is 17.8 Å². The molecule has 0 amide bonds. The summed E-state index contributed by atoms with van der Waals surface area (Å²) in [4.78, 5) is 6.97. The molecule has 158 valence electrons. The molecule has 2 heterocycles. The third-order valence-corrected chi connectivity index (χ3v) is 9.18. The second-order valence-corrected chi connectivity index (χ2v) is 11.6. The Balaban J connectivity index is 1.41. The quantitative estimate of drug-likeness (QED) is 0.396. The largest absolute Gasteiger partial charge is 0.348 e. The van der Waals surface area contributed by atoms with Gasteiger partial charge in [-0.3, -0.25) is 0 Å². The van der Waals surface area contributed by atoms with Crippen molar-refractivity contribution in [3.05, 3.63) is 74.4 Å². The van der Waals surface area contributed by atoms with Crippen LogP contribution in [0.3, 0.4) is 0 Å². The molecule has 30 heavy (non-hydrogen) atoms. The van der Waals surface area contributed by atoms with Gasteiger partial charge in [0.1, 0.15) is 5.82 Å². The third kappa shape index (κ3) is 4.72. The molecule has 1 fully saturated rings. The van der Waals surface area contributed by atoms with Crippen molar-refractivity contribution in [2.24, 2.45) is 0 Å². The van der Waals surface area contributed by atoms with Gasteiger partial charge >= 0.3 is 0 Å². The zero-order valence-corrected chi connectivity index (χ0v) is 19.9. The van der Waals surface area contributed by atoms with Crippen LogP contribution in [0.1, 0.15) is 24.1 Å². The van der Waals surface area contributed by atoms with E-state index in [1.165, 1.54) is 17.7 Å². The van der Waals surface area contributed by atoms with Crippen molar-refractivity contribution in [3.8, 4) is 0 Å². The molecule has 0 atom stereocenters. The van der Waals surface area contributed by atoms with Crippen LogP contribution in [0.25, 0.3) is 0 Å². The predicted molar refractivity (Wildman–Crippen MR) is 123 cm³/mol. The first-order valence-corrected chi connectivity index (χ1v) is 13.1. The lowest BCUT2D eigenvalue weighted by atomic mass is 10.1. The Kier molecular flexibility index (Phi) is 6.48. The molecule has 4 rings (SSSR count). The number of aromatic nitrogens is 1. The van der Waals surface area contributed by atoms with Crippen LogP contribution in [0.5, 0.6) is 0 Å². The van der Waals surface area contributed by atoms with Crippen molar-refractivity contribution in [2.45, 2.75) is 29.4 Å². The predicted octanol–water partition coefficient (Wildman–Crippen LogP) is 5.73. The highest BCUT2D eigenvalue weighted by molar-refractivity contribution is 9.10. The number of rotatable bonds is 5. The summed E-state index contributed by atoms with van der Waals surface area (Å²) in [6.07, 6.45) is 1.75. The minimum Gasteiger partial charge on any atom is -0.348 e. The maximum Gasteiger partial charge on any atom is 0.185 e. The number of anilines is 1. The molecule has 0 unspecified atom stereocenters. The third-order valence-electron chi connectivity index (χ3n) is 5.18. The monoisotopic (exact) mass is 528 g/mol. The summed E-state index contributed by atoms with van der Waals surface area (Å²) in [6.45, 7) is 1.23. The fraction of sp³-hybridized carbons (Fsp3) is 0.286. The molecule has 1 aromatic heterocycles. The zero-order valence-electron chi connectivity index (χ0n) is 15.9. The van der Waals surface area contributed by atoms with Crippen molar-refractivity contribution >= 4 is 53.8 Å². The number of hydrogen-bond donors (Lipinski definition) is 0. The smallest absolute Gasteiger partial charge is 0.185 e. The minimum absolute atomic E-state index is 0.0814. The van der Waals surface area contributed by atoms with Gasteiger partial charge < -0.3 is 4.90 Å². The van der Waals surface area contributed by atoms with Crippen LogP contribution in [0.2, 0.25) is 5.02 Å². The highest BCUT2D eigenvalue weighted by Gasteiger charge is 2.32. The van der Waals surface area contributed by atoms with Gasteiger partial charge in [0.2, 0.25) is 0 Å². The van der Waals surface area contributed by atoms with Gasteiger partial charge in [-0.15, -0.1) is 11.3 Å². The molecule has 9 heteroatoms. The fourth-order valence-electron chi connectivity index (χ4n) is 3.58. The summed E-state index contributed by atoms with van der Waals surface area (Å²) < 4.78 is 40.3. The van der Waals surface area contributed by atoms with Crippen LogP contribution in [-0.4, -0.2) is 31.7 Å². The van der Waals surface area contributed by atoms with Gasteiger partial charge in [-0.2, -0.15) is 0 Å². The molecule has 4 nitrogen and oxygen atoms in total. The number of benzene rings is 2. The lowest BCUT2D eigenvalue weighted by molar-refractivity contribution is 0.529. The number of nitrogens with zero attached hydrogens (tertiary/aromatic N) is 2. The van der Waals surface area contributed by atoms with Gasteiger partial charge in [0.15, 0.2) is 15.0 Å². The van der Waals surface area contributed by atoms with Gasteiger partial charge in [-0.05, 0) is 48.7 Å². The first kappa shape index (κ1) is 21.7. The second-order valence-electron chi connectivity index (χ2n) is 7.24. The van der Waals surface area contributed by atoms with E-state index >= 15 is 0 Å². The van der Waals surface area contributed by atoms with E-state index in [0.717, 1.165) is 27.8 Å². The molecule has 2 aromatic carbocycles. The minimum atomic E-state index is -3.55. The molecule has 1 saturated heterocycles. The van der Waals surface area contributed by atoms with E-state index in [-0.39, 0.29) is 9.92 Å². The molecular formula is C21H19BrClFN2O2S2. The maximum absolute atomic E-state index is 13.4. The summed E-state index contributed by atoms with van der Waals surface area (Å²) in [7, 11) is -3.55. The number of thiazole rings is 1. The lowest BCUT2D eigenvalue weighted by Crippen LogP contribution is -2.39. The topological polar surface area (TPSA) is 50.3 Å². The Morgan fingerprint density at radius 2 is 1.97 bits per heavy atom. The van der Waals surface area contributed by atoms with Crippen molar-refractivity contribution in [2.75, 3.05) is 18.0 Å². The molecule has 0 aliphatic carbocycles. The van der Waals surface area contributed by atoms with Crippen LogP contribution in [0, 0.1) is 5.82 Å². The van der Waals surface area contributed by atoms with E-state index in [4.69, 9.17) is 16.6 Å². The first-order chi connectivity index (χ1) is 14.3. The summed E-state index contributed by atoms with van der Waals surface area (Å²) in [5.74, 6) is -0.618. The maximum atomic E-state index is 13.4. The summed E-state index contributed by atoms with van der Waals surface area (Å²) >= 11 is 10.8. The summed E-state index contributed by atoms with van der Waals surface area (Å²) in [5.41, 5.74) is 2.19. The van der Waals surface area contributed by atoms with E-state index in [1.807, 2.05) is 12.1 Å². The van der Waals surface area contributed by atoms with Gasteiger partial charge in [0, 0.05) is 29.4 Å².